The number of carbonyl (C=O) groups excluding carboxylic acids is 1. The number of oxime groups is 2. The summed E-state index contributed by atoms with van der Waals surface area (Å²) in [7, 11) is 2.96. The zero-order valence-electron chi connectivity index (χ0n) is 14.0. The predicted octanol–water partition coefficient (Wildman–Crippen LogP) is 2.33. The summed E-state index contributed by atoms with van der Waals surface area (Å²) in [5.74, 6) is 0.927. The van der Waals surface area contributed by atoms with Gasteiger partial charge in [0.25, 0.3) is 5.91 Å². The van der Waals surface area contributed by atoms with E-state index >= 15 is 0 Å². The van der Waals surface area contributed by atoms with Crippen LogP contribution in [0, 0.1) is 11.8 Å². The van der Waals surface area contributed by atoms with Crippen LogP contribution in [0.5, 0.6) is 0 Å². The Morgan fingerprint density at radius 1 is 1.35 bits per heavy atom. The molecule has 0 heterocycles. The number of nitrogens with zero attached hydrogens (tertiary/aromatic N) is 2. The molecule has 2 atom stereocenters. The molecule has 124 valence electrons. The lowest BCUT2D eigenvalue weighted by molar-refractivity contribution is -0.114. The maximum absolute atomic E-state index is 12.0. The zero-order valence-corrected chi connectivity index (χ0v) is 14.0. The molecule has 0 aromatic heterocycles. The van der Waals surface area contributed by atoms with Crippen LogP contribution in [0.15, 0.2) is 34.6 Å². The molecule has 0 saturated heterocycles. The number of likely N-dealkylation sites (N-methyl/N-ethyl adjacent to an activating group) is 1. The number of benzene rings is 1. The molecule has 1 aliphatic carbocycles. The van der Waals surface area contributed by atoms with Crippen LogP contribution in [-0.2, 0) is 21.1 Å². The second-order valence-electron chi connectivity index (χ2n) is 5.68. The van der Waals surface area contributed by atoms with Crippen LogP contribution in [0.1, 0.15) is 31.4 Å². The Kier molecular flexibility index (Phi) is 5.73. The van der Waals surface area contributed by atoms with Crippen LogP contribution < -0.4 is 5.32 Å². The SMILES string of the molecule is CNC(=O)/C(=N\OC)c1ccccc1CO/N=C(/C)C1CC1C. The van der Waals surface area contributed by atoms with Crippen LogP contribution in [-0.4, -0.2) is 31.5 Å². The average Bonchev–Trinajstić information content (AvgIpc) is 3.29. The number of nitrogens with one attached hydrogen (secondary N) is 1. The molecule has 0 spiro atoms. The molecule has 2 rings (SSSR count). The number of amides is 1. The van der Waals surface area contributed by atoms with E-state index in [9.17, 15) is 4.79 Å². The topological polar surface area (TPSA) is 72.3 Å². The molecule has 1 N–H and O–H groups in total. The van der Waals surface area contributed by atoms with Crippen LogP contribution >= 0.6 is 0 Å². The van der Waals surface area contributed by atoms with Gasteiger partial charge in [-0.15, -0.1) is 0 Å². The zero-order chi connectivity index (χ0) is 16.8. The molecule has 1 aliphatic rings. The smallest absolute Gasteiger partial charge is 0.273 e. The Labute approximate surface area is 136 Å². The fourth-order valence-corrected chi connectivity index (χ4v) is 2.48. The second kappa shape index (κ2) is 7.76. The molecule has 23 heavy (non-hydrogen) atoms. The standard InChI is InChI=1S/C17H23N3O3/c1-11-9-15(11)12(2)19-23-10-13-7-5-6-8-14(13)16(20-22-4)17(21)18-3/h5-8,11,15H,9-10H2,1-4H3,(H,18,21)/b19-12-,20-16-. The van der Waals surface area contributed by atoms with Gasteiger partial charge >= 0.3 is 0 Å². The lowest BCUT2D eigenvalue weighted by Crippen LogP contribution is -2.29. The monoisotopic (exact) mass is 317 g/mol. The van der Waals surface area contributed by atoms with Gasteiger partial charge in [0, 0.05) is 24.1 Å². The average molecular weight is 317 g/mol. The van der Waals surface area contributed by atoms with E-state index in [2.05, 4.69) is 22.6 Å². The first kappa shape index (κ1) is 17.0. The maximum atomic E-state index is 12.0. The van der Waals surface area contributed by atoms with Crippen molar-refractivity contribution in [3.63, 3.8) is 0 Å². The van der Waals surface area contributed by atoms with Gasteiger partial charge in [0.05, 0.1) is 5.71 Å². The van der Waals surface area contributed by atoms with Crippen molar-refractivity contribution in [2.75, 3.05) is 14.2 Å². The number of carbonyl (C=O) groups is 1. The van der Waals surface area contributed by atoms with Crippen LogP contribution in [0.3, 0.4) is 0 Å². The van der Waals surface area contributed by atoms with E-state index in [1.54, 1.807) is 7.05 Å². The van der Waals surface area contributed by atoms with Crippen LogP contribution in [0.25, 0.3) is 0 Å². The lowest BCUT2D eigenvalue weighted by Gasteiger charge is -2.10. The van der Waals surface area contributed by atoms with Crippen molar-refractivity contribution in [1.29, 1.82) is 0 Å². The van der Waals surface area contributed by atoms with E-state index in [4.69, 9.17) is 9.68 Å². The van der Waals surface area contributed by atoms with Crippen LogP contribution in [0.4, 0.5) is 0 Å². The van der Waals surface area contributed by atoms with Gasteiger partial charge in [-0.25, -0.2) is 0 Å². The van der Waals surface area contributed by atoms with Crippen molar-refractivity contribution in [2.45, 2.75) is 26.9 Å². The second-order valence-corrected chi connectivity index (χ2v) is 5.68. The molecular weight excluding hydrogens is 294 g/mol. The highest BCUT2D eigenvalue weighted by Gasteiger charge is 2.35. The van der Waals surface area contributed by atoms with Gasteiger partial charge < -0.3 is 15.0 Å². The Bertz CT molecular complexity index is 625. The third-order valence-corrected chi connectivity index (χ3v) is 3.97. The molecule has 2 unspecified atom stereocenters. The Balaban J connectivity index is 2.13. The fraction of sp³-hybridized carbons (Fsp3) is 0.471. The molecule has 6 heteroatoms. The highest BCUT2D eigenvalue weighted by molar-refractivity contribution is 6.45. The van der Waals surface area contributed by atoms with E-state index < -0.39 is 0 Å². The summed E-state index contributed by atoms with van der Waals surface area (Å²) in [6.07, 6.45) is 1.18. The summed E-state index contributed by atoms with van der Waals surface area (Å²) < 4.78 is 0. The van der Waals surface area contributed by atoms with Gasteiger partial charge in [0.1, 0.15) is 13.7 Å². The number of hydrogen-bond acceptors (Lipinski definition) is 5. The molecule has 1 saturated carbocycles. The lowest BCUT2D eigenvalue weighted by atomic mass is 10.0. The minimum atomic E-state index is -0.314. The van der Waals surface area contributed by atoms with E-state index in [1.165, 1.54) is 13.5 Å². The number of hydrogen-bond donors (Lipinski definition) is 1. The molecule has 1 amide bonds. The van der Waals surface area contributed by atoms with Crippen molar-refractivity contribution in [2.24, 2.45) is 22.1 Å². The summed E-state index contributed by atoms with van der Waals surface area (Å²) in [4.78, 5) is 22.2. The molecule has 0 bridgehead atoms. The summed E-state index contributed by atoms with van der Waals surface area (Å²) in [5, 5.41) is 10.6. The summed E-state index contributed by atoms with van der Waals surface area (Å²) >= 11 is 0. The van der Waals surface area contributed by atoms with Gasteiger partial charge in [-0.2, -0.15) is 0 Å². The Hall–Kier alpha value is -2.37. The van der Waals surface area contributed by atoms with Gasteiger partial charge in [0.2, 0.25) is 0 Å². The highest BCUT2D eigenvalue weighted by Crippen LogP contribution is 2.38. The fourth-order valence-electron chi connectivity index (χ4n) is 2.48. The summed E-state index contributed by atoms with van der Waals surface area (Å²) in [6.45, 7) is 4.46. The minimum Gasteiger partial charge on any atom is -0.398 e. The molecule has 1 fully saturated rings. The van der Waals surface area contributed by atoms with E-state index in [-0.39, 0.29) is 18.2 Å². The van der Waals surface area contributed by atoms with Gasteiger partial charge in [-0.3, -0.25) is 4.79 Å². The maximum Gasteiger partial charge on any atom is 0.273 e. The van der Waals surface area contributed by atoms with Crippen molar-refractivity contribution in [1.82, 2.24) is 5.32 Å². The predicted molar refractivity (Wildman–Crippen MR) is 89.2 cm³/mol. The van der Waals surface area contributed by atoms with E-state index in [0.29, 0.717) is 17.4 Å². The van der Waals surface area contributed by atoms with Gasteiger partial charge in [0.15, 0.2) is 5.71 Å². The van der Waals surface area contributed by atoms with Crippen molar-refractivity contribution in [3.8, 4) is 0 Å². The first-order valence-corrected chi connectivity index (χ1v) is 7.66. The van der Waals surface area contributed by atoms with Crippen molar-refractivity contribution in [3.05, 3.63) is 35.4 Å². The van der Waals surface area contributed by atoms with Crippen molar-refractivity contribution < 1.29 is 14.5 Å². The van der Waals surface area contributed by atoms with Gasteiger partial charge in [-0.05, 0) is 19.3 Å². The van der Waals surface area contributed by atoms with Crippen LogP contribution in [0.2, 0.25) is 0 Å². The van der Waals surface area contributed by atoms with Crippen molar-refractivity contribution >= 4 is 17.3 Å². The Morgan fingerprint density at radius 3 is 2.65 bits per heavy atom. The first-order valence-electron chi connectivity index (χ1n) is 7.66. The molecular formula is C17H23N3O3. The van der Waals surface area contributed by atoms with E-state index in [1.807, 2.05) is 31.2 Å². The molecule has 6 nitrogen and oxygen atoms in total. The molecule has 1 aromatic carbocycles. The Morgan fingerprint density at radius 2 is 2.04 bits per heavy atom. The summed E-state index contributed by atoms with van der Waals surface area (Å²) in [5.41, 5.74) is 2.73. The largest absolute Gasteiger partial charge is 0.398 e. The number of rotatable bonds is 7. The summed E-state index contributed by atoms with van der Waals surface area (Å²) in [6, 6.07) is 7.42. The van der Waals surface area contributed by atoms with E-state index in [0.717, 1.165) is 11.3 Å². The third kappa shape index (κ3) is 4.31. The molecule has 0 radical (unpaired) electrons. The quantitative estimate of drug-likeness (QED) is 0.619. The molecule has 0 aliphatic heterocycles. The first-order chi connectivity index (χ1) is 11.1. The minimum absolute atomic E-state index is 0.214. The normalized spacial score (nSPS) is 20.9. The molecule has 1 aromatic rings. The highest BCUT2D eigenvalue weighted by atomic mass is 16.6. The third-order valence-electron chi connectivity index (χ3n) is 3.97. The van der Waals surface area contributed by atoms with Gasteiger partial charge in [-0.1, -0.05) is 41.5 Å².